The zero-order chi connectivity index (χ0) is 25.5. The summed E-state index contributed by atoms with van der Waals surface area (Å²) in [4.78, 5) is 19.6. The van der Waals surface area contributed by atoms with E-state index in [0.29, 0.717) is 12.0 Å². The van der Waals surface area contributed by atoms with Crippen LogP contribution in [0, 0.1) is 5.92 Å². The van der Waals surface area contributed by atoms with Crippen molar-refractivity contribution in [2.45, 2.75) is 18.8 Å². The molecular formula is C34H26N2OS. The third-order valence-electron chi connectivity index (χ3n) is 7.77. The maximum Gasteiger partial charge on any atom is 0.171 e. The molecule has 0 amide bonds. The number of hydrogen-bond donors (Lipinski definition) is 1. The van der Waals surface area contributed by atoms with Gasteiger partial charge in [-0.2, -0.15) is 0 Å². The van der Waals surface area contributed by atoms with Crippen LogP contribution in [0.1, 0.15) is 33.8 Å². The molecular weight excluding hydrogens is 484 g/mol. The Morgan fingerprint density at radius 1 is 0.947 bits per heavy atom. The third kappa shape index (κ3) is 3.98. The van der Waals surface area contributed by atoms with Gasteiger partial charge in [0.2, 0.25) is 0 Å². The molecule has 2 atom stereocenters. The number of benzene rings is 2. The van der Waals surface area contributed by atoms with Crippen molar-refractivity contribution in [2.75, 3.05) is 0 Å². The molecule has 3 nitrogen and oxygen atoms in total. The molecule has 0 saturated carbocycles. The second-order valence-corrected chi connectivity index (χ2v) is 10.9. The first-order valence-electron chi connectivity index (χ1n) is 13.0. The number of hydrogen-bond acceptors (Lipinski definition) is 4. The van der Waals surface area contributed by atoms with E-state index in [1.807, 2.05) is 36.7 Å². The van der Waals surface area contributed by atoms with Gasteiger partial charge in [0.1, 0.15) is 0 Å². The lowest BCUT2D eigenvalue weighted by Crippen LogP contribution is -2.40. The van der Waals surface area contributed by atoms with Crippen molar-refractivity contribution in [3.8, 4) is 21.6 Å². The van der Waals surface area contributed by atoms with Gasteiger partial charge < -0.3 is 5.32 Å². The molecule has 0 spiro atoms. The van der Waals surface area contributed by atoms with E-state index in [2.05, 4.69) is 82.4 Å². The first-order valence-corrected chi connectivity index (χ1v) is 13.9. The molecule has 2 aromatic heterocycles. The number of carbonyl (C=O) groups is 1. The smallest absolute Gasteiger partial charge is 0.171 e. The Bertz CT molecular complexity index is 1780. The molecule has 2 aliphatic carbocycles. The maximum absolute atomic E-state index is 14.0. The van der Waals surface area contributed by atoms with Crippen molar-refractivity contribution in [1.82, 2.24) is 10.3 Å². The topological polar surface area (TPSA) is 42.0 Å². The summed E-state index contributed by atoms with van der Waals surface area (Å²) >= 11 is 1.66. The van der Waals surface area contributed by atoms with Crippen LogP contribution < -0.4 is 15.8 Å². The molecule has 38 heavy (non-hydrogen) atoms. The van der Waals surface area contributed by atoms with Gasteiger partial charge in [0, 0.05) is 52.1 Å². The highest BCUT2D eigenvalue weighted by molar-refractivity contribution is 7.13. The van der Waals surface area contributed by atoms with Crippen LogP contribution in [0.3, 0.4) is 0 Å². The second-order valence-electron chi connectivity index (χ2n) is 9.97. The molecule has 0 fully saturated rings. The van der Waals surface area contributed by atoms with Crippen molar-refractivity contribution >= 4 is 29.3 Å². The number of thiophene rings is 1. The Morgan fingerprint density at radius 2 is 1.89 bits per heavy atom. The van der Waals surface area contributed by atoms with Crippen molar-refractivity contribution < 1.29 is 4.79 Å². The van der Waals surface area contributed by atoms with Crippen LogP contribution in [-0.4, -0.2) is 10.8 Å². The molecule has 2 unspecified atom stereocenters. The number of fused-ring (bicyclic) bond motifs is 5. The third-order valence-corrected chi connectivity index (χ3v) is 8.69. The van der Waals surface area contributed by atoms with E-state index in [1.54, 1.807) is 17.5 Å². The molecule has 4 aromatic rings. The molecule has 0 saturated heterocycles. The fourth-order valence-electron chi connectivity index (χ4n) is 5.95. The van der Waals surface area contributed by atoms with Gasteiger partial charge in [-0.05, 0) is 75.2 Å². The van der Waals surface area contributed by atoms with E-state index in [-0.39, 0.29) is 17.6 Å². The lowest BCUT2D eigenvalue weighted by atomic mass is 9.75. The van der Waals surface area contributed by atoms with E-state index in [9.17, 15) is 4.79 Å². The minimum Gasteiger partial charge on any atom is -0.364 e. The van der Waals surface area contributed by atoms with Crippen LogP contribution in [0.15, 0.2) is 109 Å². The molecule has 0 bridgehead atoms. The molecule has 1 aliphatic heterocycles. The summed E-state index contributed by atoms with van der Waals surface area (Å²) in [7, 11) is 0. The van der Waals surface area contributed by atoms with Crippen LogP contribution in [-0.2, 0) is 6.42 Å². The Morgan fingerprint density at radius 3 is 2.82 bits per heavy atom. The summed E-state index contributed by atoms with van der Waals surface area (Å²) in [6.45, 7) is 0. The number of carbonyl (C=O) groups excluding carboxylic acids is 1. The van der Waals surface area contributed by atoms with Gasteiger partial charge in [0.05, 0.1) is 0 Å². The highest BCUT2D eigenvalue weighted by Crippen LogP contribution is 2.35. The molecule has 0 radical (unpaired) electrons. The zero-order valence-electron chi connectivity index (χ0n) is 20.8. The SMILES string of the molecule is O=C(c1cncc(-c2cccs2)c1)C1C=c2c(ccc3c2=CCc2ccccc2-3)C(C2=CC=CC=CN2)C1. The van der Waals surface area contributed by atoms with E-state index in [1.165, 1.54) is 32.7 Å². The van der Waals surface area contributed by atoms with Gasteiger partial charge >= 0.3 is 0 Å². The largest absolute Gasteiger partial charge is 0.364 e. The molecule has 4 heteroatoms. The van der Waals surface area contributed by atoms with Crippen molar-refractivity contribution in [3.05, 3.63) is 136 Å². The van der Waals surface area contributed by atoms with Gasteiger partial charge in [0.25, 0.3) is 0 Å². The molecule has 7 rings (SSSR count). The van der Waals surface area contributed by atoms with Crippen molar-refractivity contribution in [3.63, 3.8) is 0 Å². The Hall–Kier alpha value is -4.28. The molecule has 3 aliphatic rings. The fourth-order valence-corrected chi connectivity index (χ4v) is 6.66. The van der Waals surface area contributed by atoms with Gasteiger partial charge in [-0.3, -0.25) is 9.78 Å². The number of pyridine rings is 1. The number of rotatable bonds is 4. The summed E-state index contributed by atoms with van der Waals surface area (Å²) < 4.78 is 0. The zero-order valence-corrected chi connectivity index (χ0v) is 21.6. The molecule has 2 aromatic carbocycles. The number of ketones is 1. The first-order chi connectivity index (χ1) is 18.8. The standard InChI is InChI=1S/C34H26N2OS/c37-34(25-17-24(20-35-21-25)33-10-6-16-38-33)23-18-30-28-12-11-22-7-3-4-8-26(22)27(28)13-14-29(30)31(19-23)32-9-2-1-5-15-36-32/h1-10,12-18,20-21,23,31,36H,11,19H2. The number of nitrogens with zero attached hydrogens (tertiary/aromatic N) is 1. The Kier molecular flexibility index (Phi) is 5.75. The summed E-state index contributed by atoms with van der Waals surface area (Å²) in [6.07, 6.45) is 19.9. The van der Waals surface area contributed by atoms with Crippen LogP contribution >= 0.6 is 11.3 Å². The van der Waals surface area contributed by atoms with Gasteiger partial charge in [-0.15, -0.1) is 11.3 Å². The highest BCUT2D eigenvalue weighted by Gasteiger charge is 2.31. The quantitative estimate of drug-likeness (QED) is 0.336. The predicted molar refractivity (Wildman–Crippen MR) is 156 cm³/mol. The average Bonchev–Trinajstić information content (AvgIpc) is 3.39. The van der Waals surface area contributed by atoms with Crippen LogP contribution in [0.5, 0.6) is 0 Å². The minimum atomic E-state index is -0.246. The highest BCUT2D eigenvalue weighted by atomic mass is 32.1. The average molecular weight is 511 g/mol. The van der Waals surface area contributed by atoms with Gasteiger partial charge in [-0.25, -0.2) is 0 Å². The Balaban J connectivity index is 1.38. The van der Waals surface area contributed by atoms with Crippen LogP contribution in [0.2, 0.25) is 0 Å². The van der Waals surface area contributed by atoms with Crippen LogP contribution in [0.25, 0.3) is 33.7 Å². The molecule has 1 N–H and O–H groups in total. The predicted octanol–water partition coefficient (Wildman–Crippen LogP) is 6.14. The van der Waals surface area contributed by atoms with E-state index < -0.39 is 0 Å². The van der Waals surface area contributed by atoms with Gasteiger partial charge in [0.15, 0.2) is 5.78 Å². The molecule has 3 heterocycles. The van der Waals surface area contributed by atoms with E-state index >= 15 is 0 Å². The summed E-state index contributed by atoms with van der Waals surface area (Å²) in [5, 5.41) is 7.97. The van der Waals surface area contributed by atoms with Gasteiger partial charge in [-0.1, -0.05) is 66.8 Å². The minimum absolute atomic E-state index is 0.0839. The molecule has 184 valence electrons. The maximum atomic E-state index is 14.0. The number of Topliss-reactive ketones (excluding diaryl/α,β-unsaturated/α-hetero) is 1. The van der Waals surface area contributed by atoms with Crippen molar-refractivity contribution in [1.29, 1.82) is 0 Å². The van der Waals surface area contributed by atoms with E-state index in [0.717, 1.165) is 22.6 Å². The van der Waals surface area contributed by atoms with Crippen LogP contribution in [0.4, 0.5) is 0 Å². The Labute approximate surface area is 225 Å². The summed E-state index contributed by atoms with van der Waals surface area (Å²) in [5.74, 6) is -0.0369. The monoisotopic (exact) mass is 510 g/mol. The summed E-state index contributed by atoms with van der Waals surface area (Å²) in [6, 6.07) is 19.3. The van der Waals surface area contributed by atoms with E-state index in [4.69, 9.17) is 0 Å². The first kappa shape index (κ1) is 22.9. The van der Waals surface area contributed by atoms with Crippen molar-refractivity contribution in [2.24, 2.45) is 5.92 Å². The summed E-state index contributed by atoms with van der Waals surface area (Å²) in [5.41, 5.74) is 7.93. The fraction of sp³-hybridized carbons (Fsp3) is 0.118. The number of allylic oxidation sites excluding steroid dienone is 5. The normalized spacial score (nSPS) is 19.0. The lowest BCUT2D eigenvalue weighted by Gasteiger charge is -2.30. The number of nitrogens with one attached hydrogen (secondary N) is 1. The second kappa shape index (κ2) is 9.55. The number of aromatic nitrogens is 1. The lowest BCUT2D eigenvalue weighted by molar-refractivity contribution is 0.0943.